The van der Waals surface area contributed by atoms with Crippen LogP contribution in [0.1, 0.15) is 41.4 Å². The highest BCUT2D eigenvalue weighted by molar-refractivity contribution is 6.06. The fourth-order valence-electron chi connectivity index (χ4n) is 3.26. The summed E-state index contributed by atoms with van der Waals surface area (Å²) in [5.74, 6) is 0.0732. The molecule has 2 heterocycles. The van der Waals surface area contributed by atoms with Gasteiger partial charge in [0.05, 0.1) is 17.2 Å². The van der Waals surface area contributed by atoms with Gasteiger partial charge in [0.2, 0.25) is 0 Å². The Hall–Kier alpha value is -1.94. The van der Waals surface area contributed by atoms with Gasteiger partial charge in [0.1, 0.15) is 0 Å². The number of para-hydroxylation sites is 1. The summed E-state index contributed by atoms with van der Waals surface area (Å²) >= 11 is 0. The average molecular weight is 312 g/mol. The number of hydrogen-bond acceptors (Lipinski definition) is 3. The molecular formula is C19H24N2O2. The molecule has 122 valence electrons. The fourth-order valence-corrected chi connectivity index (χ4v) is 3.26. The van der Waals surface area contributed by atoms with Crippen molar-refractivity contribution in [3.63, 3.8) is 0 Å². The number of likely N-dealkylation sites (N-methyl/N-ethyl adjacent to an activating group) is 1. The summed E-state index contributed by atoms with van der Waals surface area (Å²) < 4.78 is 5.70. The van der Waals surface area contributed by atoms with Crippen molar-refractivity contribution >= 4 is 16.8 Å². The number of benzene rings is 1. The van der Waals surface area contributed by atoms with Crippen molar-refractivity contribution in [1.29, 1.82) is 0 Å². The van der Waals surface area contributed by atoms with Crippen LogP contribution in [0.25, 0.3) is 10.9 Å². The van der Waals surface area contributed by atoms with Crippen LogP contribution in [-0.2, 0) is 4.74 Å². The van der Waals surface area contributed by atoms with Gasteiger partial charge in [-0.2, -0.15) is 0 Å². The highest BCUT2D eigenvalue weighted by Gasteiger charge is 2.24. The van der Waals surface area contributed by atoms with Crippen LogP contribution in [0.2, 0.25) is 0 Å². The molecule has 1 atom stereocenters. The minimum atomic E-state index is 0.0732. The smallest absolute Gasteiger partial charge is 0.254 e. The van der Waals surface area contributed by atoms with Crippen molar-refractivity contribution in [3.8, 4) is 0 Å². The van der Waals surface area contributed by atoms with Crippen LogP contribution >= 0.6 is 0 Å². The summed E-state index contributed by atoms with van der Waals surface area (Å²) in [7, 11) is 0. The van der Waals surface area contributed by atoms with Gasteiger partial charge in [0.25, 0.3) is 5.91 Å². The zero-order chi connectivity index (χ0) is 16.4. The number of pyridine rings is 1. The molecule has 0 N–H and O–H groups in total. The van der Waals surface area contributed by atoms with E-state index in [1.54, 1.807) is 0 Å². The van der Waals surface area contributed by atoms with Crippen LogP contribution in [0.5, 0.6) is 0 Å². The van der Waals surface area contributed by atoms with E-state index in [1.165, 1.54) is 0 Å². The molecule has 1 aliphatic rings. The molecule has 1 fully saturated rings. The van der Waals surface area contributed by atoms with Crippen LogP contribution in [-0.4, -0.2) is 41.6 Å². The molecule has 1 aromatic heterocycles. The molecule has 2 aromatic rings. The molecule has 0 radical (unpaired) electrons. The summed E-state index contributed by atoms with van der Waals surface area (Å²) in [5.41, 5.74) is 3.64. The summed E-state index contributed by atoms with van der Waals surface area (Å²) in [6, 6.07) is 7.92. The molecule has 0 bridgehead atoms. The third-order valence-corrected chi connectivity index (χ3v) is 4.52. The Morgan fingerprint density at radius 3 is 2.91 bits per heavy atom. The van der Waals surface area contributed by atoms with Crippen molar-refractivity contribution in [2.24, 2.45) is 0 Å². The molecule has 0 saturated carbocycles. The van der Waals surface area contributed by atoms with Gasteiger partial charge >= 0.3 is 0 Å². The quantitative estimate of drug-likeness (QED) is 0.868. The summed E-state index contributed by atoms with van der Waals surface area (Å²) in [6.45, 7) is 8.17. The second kappa shape index (κ2) is 6.67. The second-order valence-corrected chi connectivity index (χ2v) is 6.26. The largest absolute Gasteiger partial charge is 0.376 e. The van der Waals surface area contributed by atoms with Crippen molar-refractivity contribution in [2.75, 3.05) is 19.7 Å². The summed E-state index contributed by atoms with van der Waals surface area (Å²) in [6.07, 6.45) is 2.31. The van der Waals surface area contributed by atoms with Crippen LogP contribution < -0.4 is 0 Å². The van der Waals surface area contributed by atoms with Gasteiger partial charge in [0.15, 0.2) is 0 Å². The SMILES string of the molecule is CCN(CC1CCCO1)C(=O)c1cc(C)nc2c(C)cccc12. The van der Waals surface area contributed by atoms with E-state index < -0.39 is 0 Å². The van der Waals surface area contributed by atoms with E-state index >= 15 is 0 Å². The first-order valence-corrected chi connectivity index (χ1v) is 8.38. The molecule has 1 aromatic carbocycles. The number of aromatic nitrogens is 1. The van der Waals surface area contributed by atoms with Crippen molar-refractivity contribution in [2.45, 2.75) is 39.7 Å². The van der Waals surface area contributed by atoms with Gasteiger partial charge in [-0.05, 0) is 45.2 Å². The predicted octanol–water partition coefficient (Wildman–Crippen LogP) is 3.49. The average Bonchev–Trinajstić information content (AvgIpc) is 3.05. The van der Waals surface area contributed by atoms with E-state index in [0.717, 1.165) is 47.2 Å². The van der Waals surface area contributed by atoms with Crippen molar-refractivity contribution in [3.05, 3.63) is 41.1 Å². The Morgan fingerprint density at radius 2 is 2.22 bits per heavy atom. The molecule has 1 unspecified atom stereocenters. The van der Waals surface area contributed by atoms with Crippen LogP contribution in [0, 0.1) is 13.8 Å². The number of carbonyl (C=O) groups excluding carboxylic acids is 1. The molecule has 0 spiro atoms. The minimum Gasteiger partial charge on any atom is -0.376 e. The Bertz CT molecular complexity index is 721. The first-order chi connectivity index (χ1) is 11.1. The van der Waals surface area contributed by atoms with Gasteiger partial charge in [-0.15, -0.1) is 0 Å². The Morgan fingerprint density at radius 1 is 1.39 bits per heavy atom. The first-order valence-electron chi connectivity index (χ1n) is 8.38. The summed E-state index contributed by atoms with van der Waals surface area (Å²) in [5, 5.41) is 0.936. The van der Waals surface area contributed by atoms with Gasteiger partial charge < -0.3 is 9.64 Å². The third-order valence-electron chi connectivity index (χ3n) is 4.52. The topological polar surface area (TPSA) is 42.4 Å². The lowest BCUT2D eigenvalue weighted by molar-refractivity contribution is 0.0540. The van der Waals surface area contributed by atoms with Gasteiger partial charge in [-0.25, -0.2) is 0 Å². The number of amides is 1. The molecule has 4 nitrogen and oxygen atoms in total. The van der Waals surface area contributed by atoms with Crippen LogP contribution in [0.3, 0.4) is 0 Å². The van der Waals surface area contributed by atoms with E-state index in [4.69, 9.17) is 4.74 Å². The number of hydrogen-bond donors (Lipinski definition) is 0. The van der Waals surface area contributed by atoms with Gasteiger partial charge in [-0.1, -0.05) is 18.2 Å². The van der Waals surface area contributed by atoms with E-state index in [0.29, 0.717) is 13.1 Å². The van der Waals surface area contributed by atoms with E-state index in [1.807, 2.05) is 49.9 Å². The standard InChI is InChI=1S/C19H24N2O2/c1-4-21(12-15-8-6-10-23-15)19(22)17-11-14(3)20-18-13(2)7-5-9-16(17)18/h5,7,9,11,15H,4,6,8,10,12H2,1-3H3. The van der Waals surface area contributed by atoms with Crippen molar-refractivity contribution in [1.82, 2.24) is 9.88 Å². The Labute approximate surface area is 137 Å². The molecule has 0 aliphatic carbocycles. The molecular weight excluding hydrogens is 288 g/mol. The van der Waals surface area contributed by atoms with Crippen molar-refractivity contribution < 1.29 is 9.53 Å². The highest BCUT2D eigenvalue weighted by Crippen LogP contribution is 2.23. The number of fused-ring (bicyclic) bond motifs is 1. The molecule has 3 rings (SSSR count). The molecule has 1 aliphatic heterocycles. The predicted molar refractivity (Wildman–Crippen MR) is 91.8 cm³/mol. The second-order valence-electron chi connectivity index (χ2n) is 6.26. The lowest BCUT2D eigenvalue weighted by Gasteiger charge is -2.25. The molecule has 4 heteroatoms. The fraction of sp³-hybridized carbons (Fsp3) is 0.474. The number of ether oxygens (including phenoxy) is 1. The number of aryl methyl sites for hydroxylation is 2. The number of nitrogens with zero attached hydrogens (tertiary/aromatic N) is 2. The van der Waals surface area contributed by atoms with Gasteiger partial charge in [-0.3, -0.25) is 9.78 Å². The maximum Gasteiger partial charge on any atom is 0.254 e. The third kappa shape index (κ3) is 3.22. The monoisotopic (exact) mass is 312 g/mol. The molecule has 1 amide bonds. The van der Waals surface area contributed by atoms with Crippen LogP contribution in [0.4, 0.5) is 0 Å². The lowest BCUT2D eigenvalue weighted by Crippen LogP contribution is -2.37. The maximum atomic E-state index is 13.1. The lowest BCUT2D eigenvalue weighted by atomic mass is 10.0. The molecule has 1 saturated heterocycles. The van der Waals surface area contributed by atoms with Crippen LogP contribution in [0.15, 0.2) is 24.3 Å². The summed E-state index contributed by atoms with van der Waals surface area (Å²) in [4.78, 5) is 19.6. The Balaban J connectivity index is 1.97. The normalized spacial score (nSPS) is 17.6. The molecule has 23 heavy (non-hydrogen) atoms. The number of carbonyl (C=O) groups is 1. The van der Waals surface area contributed by atoms with E-state index in [9.17, 15) is 4.79 Å². The maximum absolute atomic E-state index is 13.1. The minimum absolute atomic E-state index is 0.0732. The van der Waals surface area contributed by atoms with E-state index in [2.05, 4.69) is 4.98 Å². The zero-order valence-electron chi connectivity index (χ0n) is 14.1. The first kappa shape index (κ1) is 15.9. The van der Waals surface area contributed by atoms with E-state index in [-0.39, 0.29) is 12.0 Å². The Kier molecular flexibility index (Phi) is 4.62. The highest BCUT2D eigenvalue weighted by atomic mass is 16.5. The zero-order valence-corrected chi connectivity index (χ0v) is 14.1. The van der Waals surface area contributed by atoms with Gasteiger partial charge in [0, 0.05) is 30.8 Å². The number of rotatable bonds is 4.